The molecule has 0 nitrogen and oxygen atoms in total. The van der Waals surface area contributed by atoms with Crippen LogP contribution in [-0.4, -0.2) is 0 Å². The Labute approximate surface area is 143 Å². The minimum atomic E-state index is 0.481. The molecule has 0 heterocycles. The third-order valence-corrected chi connectivity index (χ3v) is 9.52. The van der Waals surface area contributed by atoms with Gasteiger partial charge in [-0.25, -0.2) is 0 Å². The zero-order chi connectivity index (χ0) is 16.5. The molecule has 2 saturated carbocycles. The molecule has 0 amide bonds. The largest absolute Gasteiger partial charge is 0.0805 e. The molecule has 0 aliphatic heterocycles. The van der Waals surface area contributed by atoms with Crippen molar-refractivity contribution < 1.29 is 0 Å². The van der Waals surface area contributed by atoms with E-state index in [0.717, 1.165) is 17.8 Å². The van der Waals surface area contributed by atoms with Crippen molar-refractivity contribution in [2.75, 3.05) is 0 Å². The highest BCUT2D eigenvalue weighted by Gasteiger charge is 2.61. The van der Waals surface area contributed by atoms with Gasteiger partial charge in [-0.15, -0.1) is 0 Å². The lowest BCUT2D eigenvalue weighted by Crippen LogP contribution is -2.51. The summed E-state index contributed by atoms with van der Waals surface area (Å²) in [6, 6.07) is 0. The quantitative estimate of drug-likeness (QED) is 0.493. The van der Waals surface area contributed by atoms with Crippen molar-refractivity contribution in [3.8, 4) is 0 Å². The summed E-state index contributed by atoms with van der Waals surface area (Å²) < 4.78 is 0. The van der Waals surface area contributed by atoms with E-state index in [0.29, 0.717) is 16.2 Å². The van der Waals surface area contributed by atoms with E-state index < -0.39 is 0 Å². The van der Waals surface area contributed by atoms with Crippen LogP contribution in [0.5, 0.6) is 0 Å². The Morgan fingerprint density at radius 2 is 1.78 bits per heavy atom. The first kappa shape index (κ1) is 16.0. The Morgan fingerprint density at radius 3 is 2.52 bits per heavy atom. The normalized spacial score (nSPS) is 52.1. The first-order chi connectivity index (χ1) is 10.8. The summed E-state index contributed by atoms with van der Waals surface area (Å²) in [4.78, 5) is 0. The fourth-order valence-electron chi connectivity index (χ4n) is 7.41. The topological polar surface area (TPSA) is 0 Å². The van der Waals surface area contributed by atoms with Crippen LogP contribution >= 0.6 is 0 Å². The minimum Gasteiger partial charge on any atom is -0.0805 e. The second-order valence-electron chi connectivity index (χ2n) is 10.1. The number of fused-ring (bicyclic) bond motifs is 5. The molecule has 0 aromatic heterocycles. The average Bonchev–Trinajstić information content (AvgIpc) is 2.80. The Kier molecular flexibility index (Phi) is 3.47. The van der Waals surface area contributed by atoms with Gasteiger partial charge in [-0.1, -0.05) is 51.8 Å². The van der Waals surface area contributed by atoms with Crippen molar-refractivity contribution in [1.29, 1.82) is 0 Å². The molecule has 0 aromatic rings. The maximum absolute atomic E-state index is 2.66. The smallest absolute Gasteiger partial charge is 0.00443 e. The van der Waals surface area contributed by atoms with E-state index >= 15 is 0 Å². The first-order valence-electron chi connectivity index (χ1n) is 10.2. The van der Waals surface area contributed by atoms with Gasteiger partial charge in [0, 0.05) is 0 Å². The van der Waals surface area contributed by atoms with Crippen LogP contribution in [-0.2, 0) is 0 Å². The lowest BCUT2D eigenvalue weighted by atomic mass is 9.46. The van der Waals surface area contributed by atoms with E-state index in [-0.39, 0.29) is 0 Å². The molecule has 0 spiro atoms. The van der Waals surface area contributed by atoms with E-state index in [1.807, 2.05) is 0 Å². The van der Waals surface area contributed by atoms with Crippen LogP contribution in [0, 0.1) is 34.0 Å². The van der Waals surface area contributed by atoms with E-state index in [2.05, 4.69) is 46.8 Å². The summed E-state index contributed by atoms with van der Waals surface area (Å²) in [5.41, 5.74) is 4.98. The molecular weight excluding hydrogens is 276 g/mol. The summed E-state index contributed by atoms with van der Waals surface area (Å²) in [5, 5.41) is 0. The molecule has 23 heavy (non-hydrogen) atoms. The third kappa shape index (κ3) is 1.96. The molecule has 4 aliphatic rings. The molecule has 2 fully saturated rings. The van der Waals surface area contributed by atoms with Crippen LogP contribution in [0.4, 0.5) is 0 Å². The maximum Gasteiger partial charge on any atom is -0.00443 e. The second kappa shape index (κ2) is 4.99. The van der Waals surface area contributed by atoms with E-state index in [9.17, 15) is 0 Å². The molecule has 128 valence electrons. The van der Waals surface area contributed by atoms with Gasteiger partial charge in [0.15, 0.2) is 0 Å². The molecule has 0 bridgehead atoms. The fraction of sp³-hybridized carbons (Fsp3) is 0.826. The lowest BCUT2D eigenvalue weighted by Gasteiger charge is -2.59. The number of hydrogen-bond acceptors (Lipinski definition) is 0. The van der Waals surface area contributed by atoms with Crippen LogP contribution in [0.2, 0.25) is 0 Å². The standard InChI is InChI=1S/C23H36/c1-6-21(3)12-10-20-18-8-7-17-15-16(2)9-13-22(17,4)19(18)11-14-23(20,21)5/h7,15,18-20H,6,8-14H2,1-5H3. The highest BCUT2D eigenvalue weighted by atomic mass is 14.7. The Bertz CT molecular complexity index is 567. The fourth-order valence-corrected chi connectivity index (χ4v) is 7.41. The van der Waals surface area contributed by atoms with Gasteiger partial charge in [0.05, 0.1) is 0 Å². The molecule has 0 aromatic carbocycles. The van der Waals surface area contributed by atoms with Crippen molar-refractivity contribution in [3.05, 3.63) is 23.3 Å². The summed E-state index contributed by atoms with van der Waals surface area (Å²) in [5.74, 6) is 2.89. The van der Waals surface area contributed by atoms with Crippen LogP contribution in [0.1, 0.15) is 86.0 Å². The average molecular weight is 313 g/mol. The molecule has 6 atom stereocenters. The van der Waals surface area contributed by atoms with Gasteiger partial charge in [-0.3, -0.25) is 0 Å². The molecular formula is C23H36. The van der Waals surface area contributed by atoms with Crippen LogP contribution in [0.25, 0.3) is 0 Å². The minimum absolute atomic E-state index is 0.481. The first-order valence-corrected chi connectivity index (χ1v) is 10.2. The van der Waals surface area contributed by atoms with Gasteiger partial charge in [0.2, 0.25) is 0 Å². The van der Waals surface area contributed by atoms with Crippen molar-refractivity contribution in [2.24, 2.45) is 34.0 Å². The van der Waals surface area contributed by atoms with E-state index in [1.165, 1.54) is 51.4 Å². The Hall–Kier alpha value is -0.520. The molecule has 6 unspecified atom stereocenters. The number of rotatable bonds is 1. The van der Waals surface area contributed by atoms with Gasteiger partial charge in [-0.05, 0) is 91.4 Å². The summed E-state index contributed by atoms with van der Waals surface area (Å²) >= 11 is 0. The van der Waals surface area contributed by atoms with Crippen molar-refractivity contribution >= 4 is 0 Å². The van der Waals surface area contributed by atoms with Gasteiger partial charge in [0.25, 0.3) is 0 Å². The highest BCUT2D eigenvalue weighted by molar-refractivity contribution is 5.36. The Morgan fingerprint density at radius 1 is 1.04 bits per heavy atom. The predicted molar refractivity (Wildman–Crippen MR) is 99.2 cm³/mol. The van der Waals surface area contributed by atoms with Crippen molar-refractivity contribution in [1.82, 2.24) is 0 Å². The monoisotopic (exact) mass is 312 g/mol. The Balaban J connectivity index is 1.71. The molecule has 0 saturated heterocycles. The van der Waals surface area contributed by atoms with Crippen LogP contribution < -0.4 is 0 Å². The molecule has 0 N–H and O–H groups in total. The number of hydrogen-bond donors (Lipinski definition) is 0. The van der Waals surface area contributed by atoms with E-state index in [1.54, 1.807) is 11.1 Å². The molecule has 0 radical (unpaired) electrons. The van der Waals surface area contributed by atoms with Crippen LogP contribution in [0.3, 0.4) is 0 Å². The molecule has 4 rings (SSSR count). The van der Waals surface area contributed by atoms with Gasteiger partial charge in [-0.2, -0.15) is 0 Å². The van der Waals surface area contributed by atoms with Crippen LogP contribution in [0.15, 0.2) is 23.3 Å². The van der Waals surface area contributed by atoms with Gasteiger partial charge >= 0.3 is 0 Å². The second-order valence-corrected chi connectivity index (χ2v) is 10.1. The lowest BCUT2D eigenvalue weighted by molar-refractivity contribution is -0.0645. The summed E-state index contributed by atoms with van der Waals surface area (Å²) in [6.45, 7) is 12.6. The van der Waals surface area contributed by atoms with Crippen molar-refractivity contribution in [3.63, 3.8) is 0 Å². The summed E-state index contributed by atoms with van der Waals surface area (Å²) in [6.07, 6.45) is 16.6. The molecule has 4 aliphatic carbocycles. The predicted octanol–water partition coefficient (Wildman–Crippen LogP) is 6.92. The summed E-state index contributed by atoms with van der Waals surface area (Å²) in [7, 11) is 0. The van der Waals surface area contributed by atoms with E-state index in [4.69, 9.17) is 0 Å². The van der Waals surface area contributed by atoms with Gasteiger partial charge in [0.1, 0.15) is 0 Å². The SMILES string of the molecule is CCC1(C)CCC2C3CC=C4C=C(C)CCC4(C)C3CCC21C. The highest BCUT2D eigenvalue weighted by Crippen LogP contribution is 2.69. The van der Waals surface area contributed by atoms with Gasteiger partial charge < -0.3 is 0 Å². The maximum atomic E-state index is 2.66. The van der Waals surface area contributed by atoms with Crippen molar-refractivity contribution in [2.45, 2.75) is 86.0 Å². The zero-order valence-corrected chi connectivity index (χ0v) is 16.0. The zero-order valence-electron chi connectivity index (χ0n) is 16.0. The number of allylic oxidation sites excluding steroid dienone is 4. The molecule has 0 heteroatoms. The third-order valence-electron chi connectivity index (χ3n) is 9.52.